The number of benzene rings is 2. The van der Waals surface area contributed by atoms with Gasteiger partial charge in [-0.3, -0.25) is 14.7 Å². The number of aryl methyl sites for hydroxylation is 1. The van der Waals surface area contributed by atoms with Crippen molar-refractivity contribution in [1.82, 2.24) is 14.6 Å². The van der Waals surface area contributed by atoms with Gasteiger partial charge in [0.2, 0.25) is 0 Å². The fourth-order valence-electron chi connectivity index (χ4n) is 3.33. The van der Waals surface area contributed by atoms with Gasteiger partial charge in [0.05, 0.1) is 5.56 Å². The number of halogens is 3. The molecule has 0 aliphatic heterocycles. The minimum Gasteiger partial charge on any atom is -0.508 e. The molecule has 164 valence electrons. The molecule has 3 N–H and O–H groups in total. The summed E-state index contributed by atoms with van der Waals surface area (Å²) < 4.78 is 40.1. The lowest BCUT2D eigenvalue weighted by Crippen LogP contribution is -2.23. The van der Waals surface area contributed by atoms with E-state index in [0.717, 1.165) is 16.6 Å². The largest absolute Gasteiger partial charge is 0.508 e. The summed E-state index contributed by atoms with van der Waals surface area (Å²) in [6.45, 7) is 1.57. The third kappa shape index (κ3) is 4.07. The third-order valence-electron chi connectivity index (χ3n) is 4.97. The normalized spacial score (nSPS) is 11.6. The zero-order valence-corrected chi connectivity index (χ0v) is 16.7. The SMILES string of the molecule is Cc1nc2c(C(=O)Nc3ccc(O)cc3)c[nH]n2c(=O)c1Cc1cccc(C(F)(F)F)c1. The van der Waals surface area contributed by atoms with Gasteiger partial charge in [0.1, 0.15) is 11.3 Å². The van der Waals surface area contributed by atoms with Gasteiger partial charge in [-0.15, -0.1) is 0 Å². The summed E-state index contributed by atoms with van der Waals surface area (Å²) in [5.74, 6) is -0.474. The van der Waals surface area contributed by atoms with Crippen LogP contribution in [0.25, 0.3) is 5.65 Å². The number of phenols is 1. The van der Waals surface area contributed by atoms with E-state index in [-0.39, 0.29) is 28.9 Å². The Hall–Kier alpha value is -4.08. The maximum atomic E-state index is 13.0. The highest BCUT2D eigenvalue weighted by molar-refractivity contribution is 6.08. The van der Waals surface area contributed by atoms with Crippen LogP contribution in [0.15, 0.2) is 59.5 Å². The molecular weight excluding hydrogens is 425 g/mol. The number of rotatable bonds is 4. The Morgan fingerprint density at radius 3 is 2.59 bits per heavy atom. The van der Waals surface area contributed by atoms with E-state index in [9.17, 15) is 27.9 Å². The summed E-state index contributed by atoms with van der Waals surface area (Å²) in [6, 6.07) is 10.6. The van der Waals surface area contributed by atoms with Crippen LogP contribution in [0.1, 0.15) is 32.7 Å². The number of nitrogens with one attached hydrogen (secondary N) is 2. The van der Waals surface area contributed by atoms with Gasteiger partial charge in [-0.05, 0) is 42.8 Å². The van der Waals surface area contributed by atoms with Crippen LogP contribution in [0, 0.1) is 6.92 Å². The average molecular weight is 442 g/mol. The lowest BCUT2D eigenvalue weighted by Gasteiger charge is -2.10. The first-order valence-electron chi connectivity index (χ1n) is 9.49. The summed E-state index contributed by atoms with van der Waals surface area (Å²) in [6.07, 6.45) is -3.20. The van der Waals surface area contributed by atoms with Gasteiger partial charge in [0, 0.05) is 29.6 Å². The number of carbonyl (C=O) groups is 1. The molecule has 0 spiro atoms. The lowest BCUT2D eigenvalue weighted by atomic mass is 10.0. The van der Waals surface area contributed by atoms with Gasteiger partial charge in [-0.2, -0.15) is 13.2 Å². The Morgan fingerprint density at radius 1 is 1.19 bits per heavy atom. The molecule has 0 unspecified atom stereocenters. The Labute approximate surface area is 179 Å². The molecule has 2 aromatic carbocycles. The summed E-state index contributed by atoms with van der Waals surface area (Å²) in [4.78, 5) is 30.0. The van der Waals surface area contributed by atoms with Crippen LogP contribution in [0.4, 0.5) is 18.9 Å². The van der Waals surface area contributed by atoms with Crippen molar-refractivity contribution in [3.63, 3.8) is 0 Å². The van der Waals surface area contributed by atoms with Crippen LogP contribution < -0.4 is 10.9 Å². The fraction of sp³-hybridized carbons (Fsp3) is 0.136. The monoisotopic (exact) mass is 442 g/mol. The highest BCUT2D eigenvalue weighted by Gasteiger charge is 2.30. The molecule has 32 heavy (non-hydrogen) atoms. The zero-order chi connectivity index (χ0) is 23.0. The van der Waals surface area contributed by atoms with Crippen molar-refractivity contribution in [3.05, 3.63) is 93.0 Å². The van der Waals surface area contributed by atoms with Gasteiger partial charge in [0.25, 0.3) is 11.5 Å². The van der Waals surface area contributed by atoms with Crippen molar-refractivity contribution < 1.29 is 23.1 Å². The molecule has 0 aliphatic rings. The quantitative estimate of drug-likeness (QED) is 0.418. The topological polar surface area (TPSA) is 99.5 Å². The second-order valence-corrected chi connectivity index (χ2v) is 7.20. The first kappa shape index (κ1) is 21.2. The molecule has 0 aliphatic carbocycles. The third-order valence-corrected chi connectivity index (χ3v) is 4.97. The number of alkyl halides is 3. The van der Waals surface area contributed by atoms with E-state index in [1.165, 1.54) is 42.6 Å². The van der Waals surface area contributed by atoms with Gasteiger partial charge in [0.15, 0.2) is 5.65 Å². The molecule has 0 saturated heterocycles. The van der Waals surface area contributed by atoms with Crippen LogP contribution in [-0.2, 0) is 12.6 Å². The second kappa shape index (κ2) is 7.88. The summed E-state index contributed by atoms with van der Waals surface area (Å²) in [5, 5.41) is 14.7. The van der Waals surface area contributed by atoms with Crippen molar-refractivity contribution in [1.29, 1.82) is 0 Å². The summed E-state index contributed by atoms with van der Waals surface area (Å²) in [7, 11) is 0. The van der Waals surface area contributed by atoms with Crippen LogP contribution in [0.5, 0.6) is 5.75 Å². The predicted octanol–water partition coefficient (Wildman–Crippen LogP) is 3.90. The standard InChI is InChI=1S/C22H17F3N4O3/c1-12-17(10-13-3-2-4-14(9-13)22(23,24)25)21(32)29-19(27-12)18(11-26-29)20(31)28-15-5-7-16(30)8-6-15/h2-9,11,26,30H,10H2,1H3,(H,28,31). The molecule has 0 saturated carbocycles. The highest BCUT2D eigenvalue weighted by Crippen LogP contribution is 2.30. The van der Waals surface area contributed by atoms with E-state index in [1.807, 2.05) is 0 Å². The molecule has 4 aromatic rings. The van der Waals surface area contributed by atoms with Gasteiger partial charge >= 0.3 is 6.18 Å². The smallest absolute Gasteiger partial charge is 0.416 e. The number of aromatic nitrogens is 3. The maximum Gasteiger partial charge on any atom is 0.416 e. The van der Waals surface area contributed by atoms with Gasteiger partial charge in [-0.25, -0.2) is 9.50 Å². The number of phenolic OH excluding ortho intramolecular Hbond substituents is 1. The van der Waals surface area contributed by atoms with E-state index < -0.39 is 23.2 Å². The van der Waals surface area contributed by atoms with Crippen molar-refractivity contribution in [2.45, 2.75) is 19.5 Å². The minimum atomic E-state index is -4.48. The first-order valence-corrected chi connectivity index (χ1v) is 9.49. The number of hydrogen-bond acceptors (Lipinski definition) is 4. The lowest BCUT2D eigenvalue weighted by molar-refractivity contribution is -0.137. The Morgan fingerprint density at radius 2 is 1.91 bits per heavy atom. The van der Waals surface area contributed by atoms with Crippen molar-refractivity contribution in [2.75, 3.05) is 5.32 Å². The van der Waals surface area contributed by atoms with Crippen LogP contribution in [-0.4, -0.2) is 25.6 Å². The van der Waals surface area contributed by atoms with Crippen LogP contribution in [0.2, 0.25) is 0 Å². The number of hydrogen-bond donors (Lipinski definition) is 3. The molecule has 1 amide bonds. The molecule has 4 rings (SSSR count). The van der Waals surface area contributed by atoms with E-state index in [2.05, 4.69) is 15.4 Å². The molecule has 0 radical (unpaired) electrons. The minimum absolute atomic E-state index is 0.0431. The Bertz CT molecular complexity index is 1370. The molecular formula is C22H17F3N4O3. The molecule has 2 heterocycles. The zero-order valence-electron chi connectivity index (χ0n) is 16.7. The number of anilines is 1. The number of aromatic amines is 1. The predicted molar refractivity (Wildman–Crippen MR) is 111 cm³/mol. The molecule has 10 heteroatoms. The van der Waals surface area contributed by atoms with E-state index in [4.69, 9.17) is 0 Å². The molecule has 0 atom stereocenters. The summed E-state index contributed by atoms with van der Waals surface area (Å²) in [5.41, 5.74) is 0.190. The summed E-state index contributed by atoms with van der Waals surface area (Å²) >= 11 is 0. The van der Waals surface area contributed by atoms with E-state index in [1.54, 1.807) is 6.92 Å². The number of fused-ring (bicyclic) bond motifs is 1. The van der Waals surface area contributed by atoms with E-state index in [0.29, 0.717) is 16.9 Å². The van der Waals surface area contributed by atoms with Crippen molar-refractivity contribution in [3.8, 4) is 5.75 Å². The number of H-pyrrole nitrogens is 1. The molecule has 0 fully saturated rings. The number of amides is 1. The number of aromatic hydroxyl groups is 1. The number of nitrogens with zero attached hydrogens (tertiary/aromatic N) is 2. The first-order chi connectivity index (χ1) is 15.1. The maximum absolute atomic E-state index is 13.0. The van der Waals surface area contributed by atoms with Crippen LogP contribution >= 0.6 is 0 Å². The highest BCUT2D eigenvalue weighted by atomic mass is 19.4. The van der Waals surface area contributed by atoms with Crippen molar-refractivity contribution >= 4 is 17.2 Å². The fourth-order valence-corrected chi connectivity index (χ4v) is 3.33. The van der Waals surface area contributed by atoms with E-state index >= 15 is 0 Å². The Balaban J connectivity index is 1.67. The van der Waals surface area contributed by atoms with Crippen LogP contribution in [0.3, 0.4) is 0 Å². The molecule has 2 aromatic heterocycles. The van der Waals surface area contributed by atoms with Gasteiger partial charge in [-0.1, -0.05) is 18.2 Å². The van der Waals surface area contributed by atoms with Gasteiger partial charge < -0.3 is 10.4 Å². The second-order valence-electron chi connectivity index (χ2n) is 7.20. The average Bonchev–Trinajstić information content (AvgIpc) is 3.16. The molecule has 7 nitrogen and oxygen atoms in total. The molecule has 0 bridgehead atoms. The number of carbonyl (C=O) groups excluding carboxylic acids is 1. The Kier molecular flexibility index (Phi) is 5.21. The van der Waals surface area contributed by atoms with Crippen molar-refractivity contribution in [2.24, 2.45) is 0 Å².